The first kappa shape index (κ1) is 13.4. The van der Waals surface area contributed by atoms with Crippen molar-refractivity contribution in [1.82, 2.24) is 4.90 Å². The Morgan fingerprint density at radius 2 is 2.28 bits per heavy atom. The van der Waals surface area contributed by atoms with Crippen molar-refractivity contribution in [2.45, 2.75) is 32.1 Å². The van der Waals surface area contributed by atoms with Gasteiger partial charge in [-0.25, -0.2) is 0 Å². The number of piperidine rings is 1. The summed E-state index contributed by atoms with van der Waals surface area (Å²) in [4.78, 5) is 14.1. The van der Waals surface area contributed by atoms with Gasteiger partial charge in [0.25, 0.3) is 0 Å². The fourth-order valence-corrected chi connectivity index (χ4v) is 2.65. The van der Waals surface area contributed by atoms with Gasteiger partial charge in [0.2, 0.25) is 5.91 Å². The van der Waals surface area contributed by atoms with Gasteiger partial charge in [-0.2, -0.15) is 0 Å². The van der Waals surface area contributed by atoms with Crippen LogP contribution in [0.5, 0.6) is 0 Å². The standard InChI is InChI=1S/C15H20ClNO/c1-11-4-3-5-13(8-11)9-15(18)17-7-6-12(2)14(16)10-17/h3-5,8,12,14H,6-7,9-10H2,1-2H3. The molecule has 0 N–H and O–H groups in total. The summed E-state index contributed by atoms with van der Waals surface area (Å²) in [7, 11) is 0. The first-order valence-electron chi connectivity index (χ1n) is 6.53. The average molecular weight is 266 g/mol. The SMILES string of the molecule is Cc1cccc(CC(=O)N2CCC(C)C(Cl)C2)c1. The highest BCUT2D eigenvalue weighted by atomic mass is 35.5. The summed E-state index contributed by atoms with van der Waals surface area (Å²) in [5, 5.41) is 0.0974. The molecule has 2 atom stereocenters. The fourth-order valence-electron chi connectivity index (χ4n) is 2.36. The van der Waals surface area contributed by atoms with Gasteiger partial charge in [0, 0.05) is 13.1 Å². The maximum absolute atomic E-state index is 12.2. The Balaban J connectivity index is 1.96. The van der Waals surface area contributed by atoms with Crippen LogP contribution in [-0.4, -0.2) is 29.3 Å². The Morgan fingerprint density at radius 3 is 2.94 bits per heavy atom. The Morgan fingerprint density at radius 1 is 1.50 bits per heavy atom. The van der Waals surface area contributed by atoms with E-state index < -0.39 is 0 Å². The van der Waals surface area contributed by atoms with E-state index in [2.05, 4.69) is 13.0 Å². The van der Waals surface area contributed by atoms with Crippen LogP contribution in [-0.2, 0) is 11.2 Å². The molecule has 0 spiro atoms. The molecule has 1 aliphatic heterocycles. The van der Waals surface area contributed by atoms with Crippen molar-refractivity contribution in [3.8, 4) is 0 Å². The summed E-state index contributed by atoms with van der Waals surface area (Å²) in [6.07, 6.45) is 1.49. The molecule has 0 saturated carbocycles. The molecule has 0 aromatic heterocycles. The zero-order valence-electron chi connectivity index (χ0n) is 11.0. The van der Waals surface area contributed by atoms with Gasteiger partial charge in [0.05, 0.1) is 11.8 Å². The highest BCUT2D eigenvalue weighted by molar-refractivity contribution is 6.21. The van der Waals surface area contributed by atoms with Gasteiger partial charge in [-0.05, 0) is 24.8 Å². The Kier molecular flexibility index (Phi) is 4.28. The van der Waals surface area contributed by atoms with E-state index in [9.17, 15) is 4.79 Å². The van der Waals surface area contributed by atoms with Gasteiger partial charge in [0.15, 0.2) is 0 Å². The quantitative estimate of drug-likeness (QED) is 0.753. The molecular weight excluding hydrogens is 246 g/mol. The number of halogens is 1. The number of hydrogen-bond donors (Lipinski definition) is 0. The summed E-state index contributed by atoms with van der Waals surface area (Å²) in [5.41, 5.74) is 2.28. The molecule has 3 heteroatoms. The minimum absolute atomic E-state index is 0.0974. The monoisotopic (exact) mass is 265 g/mol. The van der Waals surface area contributed by atoms with Crippen LogP contribution < -0.4 is 0 Å². The summed E-state index contributed by atoms with van der Waals surface area (Å²) < 4.78 is 0. The van der Waals surface area contributed by atoms with Crippen LogP contribution in [0.25, 0.3) is 0 Å². The van der Waals surface area contributed by atoms with E-state index in [1.54, 1.807) is 0 Å². The molecule has 1 fully saturated rings. The number of hydrogen-bond acceptors (Lipinski definition) is 1. The summed E-state index contributed by atoms with van der Waals surface area (Å²) >= 11 is 6.24. The lowest BCUT2D eigenvalue weighted by Gasteiger charge is -2.34. The van der Waals surface area contributed by atoms with Gasteiger partial charge < -0.3 is 4.90 Å². The molecule has 1 saturated heterocycles. The van der Waals surface area contributed by atoms with Gasteiger partial charge in [-0.1, -0.05) is 36.8 Å². The molecule has 0 bridgehead atoms. The second-order valence-corrected chi connectivity index (χ2v) is 5.85. The lowest BCUT2D eigenvalue weighted by Crippen LogP contribution is -2.44. The number of alkyl halides is 1. The summed E-state index contributed by atoms with van der Waals surface area (Å²) in [5.74, 6) is 0.702. The second-order valence-electron chi connectivity index (χ2n) is 5.29. The highest BCUT2D eigenvalue weighted by Gasteiger charge is 2.27. The predicted molar refractivity (Wildman–Crippen MR) is 74.9 cm³/mol. The number of amides is 1. The Hall–Kier alpha value is -1.02. The molecule has 1 aliphatic rings. The van der Waals surface area contributed by atoms with Crippen molar-refractivity contribution in [3.63, 3.8) is 0 Å². The van der Waals surface area contributed by atoms with Crippen LogP contribution >= 0.6 is 11.6 Å². The predicted octanol–water partition coefficient (Wildman–Crippen LogP) is 3.01. The van der Waals surface area contributed by atoms with Crippen molar-refractivity contribution in [2.75, 3.05) is 13.1 Å². The van der Waals surface area contributed by atoms with Gasteiger partial charge >= 0.3 is 0 Å². The molecule has 0 aliphatic carbocycles. The van der Waals surface area contributed by atoms with Gasteiger partial charge in [-0.15, -0.1) is 11.6 Å². The molecule has 2 nitrogen and oxygen atoms in total. The number of nitrogens with zero attached hydrogens (tertiary/aromatic N) is 1. The number of aryl methyl sites for hydroxylation is 1. The van der Waals surface area contributed by atoms with E-state index >= 15 is 0 Å². The third-order valence-corrected chi connectivity index (χ3v) is 4.23. The van der Waals surface area contributed by atoms with E-state index in [0.29, 0.717) is 18.9 Å². The van der Waals surface area contributed by atoms with Crippen LogP contribution in [0.2, 0.25) is 0 Å². The van der Waals surface area contributed by atoms with E-state index in [1.165, 1.54) is 5.56 Å². The Labute approximate surface area is 114 Å². The lowest BCUT2D eigenvalue weighted by atomic mass is 9.98. The van der Waals surface area contributed by atoms with E-state index in [-0.39, 0.29) is 11.3 Å². The normalized spacial score (nSPS) is 24.1. The topological polar surface area (TPSA) is 20.3 Å². The number of carbonyl (C=O) groups is 1. The molecule has 18 heavy (non-hydrogen) atoms. The molecule has 1 aromatic rings. The summed E-state index contributed by atoms with van der Waals surface area (Å²) in [6.45, 7) is 5.73. The number of benzene rings is 1. The van der Waals surface area contributed by atoms with E-state index in [0.717, 1.165) is 18.5 Å². The smallest absolute Gasteiger partial charge is 0.227 e. The van der Waals surface area contributed by atoms with E-state index in [1.807, 2.05) is 30.0 Å². The zero-order chi connectivity index (χ0) is 13.1. The largest absolute Gasteiger partial charge is 0.341 e. The maximum Gasteiger partial charge on any atom is 0.227 e. The van der Waals surface area contributed by atoms with Crippen molar-refractivity contribution >= 4 is 17.5 Å². The van der Waals surface area contributed by atoms with Gasteiger partial charge in [-0.3, -0.25) is 4.79 Å². The minimum Gasteiger partial charge on any atom is -0.341 e. The molecule has 98 valence electrons. The van der Waals surface area contributed by atoms with Crippen LogP contribution in [0, 0.1) is 12.8 Å². The minimum atomic E-state index is 0.0974. The van der Waals surface area contributed by atoms with Crippen molar-refractivity contribution in [3.05, 3.63) is 35.4 Å². The number of likely N-dealkylation sites (tertiary alicyclic amines) is 1. The highest BCUT2D eigenvalue weighted by Crippen LogP contribution is 2.22. The number of rotatable bonds is 2. The van der Waals surface area contributed by atoms with Crippen LogP contribution in [0.4, 0.5) is 0 Å². The van der Waals surface area contributed by atoms with Gasteiger partial charge in [0.1, 0.15) is 0 Å². The van der Waals surface area contributed by atoms with Crippen LogP contribution in [0.3, 0.4) is 0 Å². The number of carbonyl (C=O) groups excluding carboxylic acids is 1. The molecule has 1 heterocycles. The van der Waals surface area contributed by atoms with E-state index in [4.69, 9.17) is 11.6 Å². The van der Waals surface area contributed by atoms with Crippen molar-refractivity contribution < 1.29 is 4.79 Å². The maximum atomic E-state index is 12.2. The van der Waals surface area contributed by atoms with Crippen molar-refractivity contribution in [2.24, 2.45) is 5.92 Å². The summed E-state index contributed by atoms with van der Waals surface area (Å²) in [6, 6.07) is 8.13. The fraction of sp³-hybridized carbons (Fsp3) is 0.533. The zero-order valence-corrected chi connectivity index (χ0v) is 11.8. The molecular formula is C15H20ClNO. The third kappa shape index (κ3) is 3.26. The average Bonchev–Trinajstić information content (AvgIpc) is 2.32. The first-order chi connectivity index (χ1) is 8.56. The molecule has 2 rings (SSSR count). The molecule has 1 aromatic carbocycles. The van der Waals surface area contributed by atoms with Crippen LogP contribution in [0.1, 0.15) is 24.5 Å². The third-order valence-electron chi connectivity index (χ3n) is 3.66. The van der Waals surface area contributed by atoms with Crippen molar-refractivity contribution in [1.29, 1.82) is 0 Å². The molecule has 2 unspecified atom stereocenters. The Bertz CT molecular complexity index is 432. The lowest BCUT2D eigenvalue weighted by molar-refractivity contribution is -0.131. The molecule has 1 amide bonds. The first-order valence-corrected chi connectivity index (χ1v) is 6.97. The van der Waals surface area contributed by atoms with Crippen LogP contribution in [0.15, 0.2) is 24.3 Å². The molecule has 0 radical (unpaired) electrons. The second kappa shape index (κ2) is 5.75.